The van der Waals surface area contributed by atoms with E-state index in [1.54, 1.807) is 11.3 Å². The number of hydrogen-bond acceptors (Lipinski definition) is 2. The van der Waals surface area contributed by atoms with Crippen molar-refractivity contribution in [3.05, 3.63) is 34.5 Å². The highest BCUT2D eigenvalue weighted by Gasteiger charge is 2.04. The number of aryl methyl sites for hydroxylation is 1. The molecule has 1 atom stereocenters. The van der Waals surface area contributed by atoms with Crippen LogP contribution in [0, 0.1) is 6.92 Å². The van der Waals surface area contributed by atoms with Gasteiger partial charge in [0, 0.05) is 10.9 Å². The monoisotopic (exact) mass is 167 g/mol. The van der Waals surface area contributed by atoms with Crippen LogP contribution in [0.5, 0.6) is 0 Å². The second-order valence-corrected chi connectivity index (χ2v) is 3.60. The summed E-state index contributed by atoms with van der Waals surface area (Å²) in [6.07, 6.45) is 2.72. The summed E-state index contributed by atoms with van der Waals surface area (Å²) in [7, 11) is 0. The molecule has 0 aliphatic rings. The molecule has 1 unspecified atom stereocenters. The Kier molecular flexibility index (Phi) is 2.85. The van der Waals surface area contributed by atoms with E-state index in [-0.39, 0.29) is 6.04 Å². The second-order valence-electron chi connectivity index (χ2n) is 2.66. The predicted octanol–water partition coefficient (Wildman–Crippen LogP) is 2.63. The Labute approximate surface area is 71.5 Å². The molecule has 0 spiro atoms. The van der Waals surface area contributed by atoms with Crippen molar-refractivity contribution in [2.75, 3.05) is 0 Å². The third-order valence-electron chi connectivity index (χ3n) is 1.54. The highest BCUT2D eigenvalue weighted by molar-refractivity contribution is 7.10. The number of thiophene rings is 1. The first-order valence-electron chi connectivity index (χ1n) is 3.65. The molecular formula is C9H13NS. The van der Waals surface area contributed by atoms with Crippen molar-refractivity contribution in [2.45, 2.75) is 19.4 Å². The zero-order valence-electron chi connectivity index (χ0n) is 6.71. The van der Waals surface area contributed by atoms with Crippen LogP contribution in [0.2, 0.25) is 0 Å². The summed E-state index contributed by atoms with van der Waals surface area (Å²) in [5.74, 6) is 0. The van der Waals surface area contributed by atoms with Crippen molar-refractivity contribution in [1.29, 1.82) is 0 Å². The Morgan fingerprint density at radius 3 is 3.00 bits per heavy atom. The molecule has 0 saturated heterocycles. The van der Waals surface area contributed by atoms with Gasteiger partial charge in [-0.15, -0.1) is 17.9 Å². The molecule has 1 heterocycles. The minimum Gasteiger partial charge on any atom is -0.323 e. The fourth-order valence-electron chi connectivity index (χ4n) is 0.944. The Bertz CT molecular complexity index is 239. The quantitative estimate of drug-likeness (QED) is 0.688. The van der Waals surface area contributed by atoms with Crippen LogP contribution in [-0.2, 0) is 0 Å². The van der Waals surface area contributed by atoms with E-state index >= 15 is 0 Å². The average Bonchev–Trinajstić information content (AvgIpc) is 2.36. The van der Waals surface area contributed by atoms with Gasteiger partial charge in [0.1, 0.15) is 0 Å². The van der Waals surface area contributed by atoms with Gasteiger partial charge in [0.05, 0.1) is 0 Å². The van der Waals surface area contributed by atoms with E-state index in [9.17, 15) is 0 Å². The summed E-state index contributed by atoms with van der Waals surface area (Å²) in [5, 5.41) is 2.12. The maximum absolute atomic E-state index is 5.86. The van der Waals surface area contributed by atoms with E-state index in [4.69, 9.17) is 5.73 Å². The largest absolute Gasteiger partial charge is 0.323 e. The lowest BCUT2D eigenvalue weighted by Gasteiger charge is -2.03. The molecule has 1 nitrogen and oxygen atoms in total. The maximum atomic E-state index is 5.86. The lowest BCUT2D eigenvalue weighted by Crippen LogP contribution is -2.06. The third kappa shape index (κ3) is 2.17. The lowest BCUT2D eigenvalue weighted by atomic mass is 10.2. The molecule has 1 aromatic rings. The second kappa shape index (κ2) is 3.69. The van der Waals surface area contributed by atoms with Gasteiger partial charge in [0.15, 0.2) is 0 Å². The smallest absolute Gasteiger partial charge is 0.0424 e. The number of nitrogens with two attached hydrogens (primary N) is 1. The van der Waals surface area contributed by atoms with Gasteiger partial charge in [-0.25, -0.2) is 0 Å². The average molecular weight is 167 g/mol. The molecule has 2 N–H and O–H groups in total. The molecule has 1 aromatic heterocycles. The van der Waals surface area contributed by atoms with Crippen molar-refractivity contribution < 1.29 is 0 Å². The zero-order valence-corrected chi connectivity index (χ0v) is 7.53. The van der Waals surface area contributed by atoms with Gasteiger partial charge in [-0.3, -0.25) is 0 Å². The third-order valence-corrected chi connectivity index (χ3v) is 2.72. The predicted molar refractivity (Wildman–Crippen MR) is 50.8 cm³/mol. The molecule has 0 bridgehead atoms. The van der Waals surface area contributed by atoms with E-state index in [1.807, 2.05) is 6.08 Å². The first kappa shape index (κ1) is 8.50. The Morgan fingerprint density at radius 1 is 1.82 bits per heavy atom. The van der Waals surface area contributed by atoms with Crippen LogP contribution in [-0.4, -0.2) is 0 Å². The molecule has 60 valence electrons. The fraction of sp³-hybridized carbons (Fsp3) is 0.333. The van der Waals surface area contributed by atoms with Gasteiger partial charge in [0.2, 0.25) is 0 Å². The molecule has 0 radical (unpaired) electrons. The van der Waals surface area contributed by atoms with Crippen LogP contribution in [0.1, 0.15) is 22.9 Å². The number of hydrogen-bond donors (Lipinski definition) is 1. The molecule has 0 amide bonds. The molecule has 0 aliphatic carbocycles. The molecule has 0 aliphatic heterocycles. The van der Waals surface area contributed by atoms with Gasteiger partial charge in [-0.2, -0.15) is 0 Å². The molecule has 1 rings (SSSR count). The van der Waals surface area contributed by atoms with Crippen molar-refractivity contribution in [1.82, 2.24) is 0 Å². The highest BCUT2D eigenvalue weighted by atomic mass is 32.1. The van der Waals surface area contributed by atoms with Gasteiger partial charge in [0.25, 0.3) is 0 Å². The van der Waals surface area contributed by atoms with E-state index in [1.165, 1.54) is 10.4 Å². The molecule has 0 aromatic carbocycles. The van der Waals surface area contributed by atoms with E-state index in [0.717, 1.165) is 6.42 Å². The standard InChI is InChI=1S/C9H13NS/c1-3-4-8(10)9-5-7(2)6-11-9/h3,5-6,8H,1,4,10H2,2H3. The topological polar surface area (TPSA) is 26.0 Å². The summed E-state index contributed by atoms with van der Waals surface area (Å²) in [6, 6.07) is 2.28. The van der Waals surface area contributed by atoms with Crippen molar-refractivity contribution in [3.63, 3.8) is 0 Å². The maximum Gasteiger partial charge on any atom is 0.0424 e. The van der Waals surface area contributed by atoms with E-state index in [2.05, 4.69) is 24.9 Å². The number of rotatable bonds is 3. The molecule has 0 fully saturated rings. The molecule has 0 saturated carbocycles. The summed E-state index contributed by atoms with van der Waals surface area (Å²) in [5.41, 5.74) is 7.15. The molecule has 11 heavy (non-hydrogen) atoms. The van der Waals surface area contributed by atoms with Crippen LogP contribution in [0.25, 0.3) is 0 Å². The van der Waals surface area contributed by atoms with Crippen LogP contribution in [0.3, 0.4) is 0 Å². The normalized spacial score (nSPS) is 12.9. The van der Waals surface area contributed by atoms with Crippen LogP contribution < -0.4 is 5.73 Å². The molecular weight excluding hydrogens is 154 g/mol. The van der Waals surface area contributed by atoms with Gasteiger partial charge in [-0.05, 0) is 30.4 Å². The first-order valence-corrected chi connectivity index (χ1v) is 4.53. The Balaban J connectivity index is 2.67. The summed E-state index contributed by atoms with van der Waals surface area (Å²) < 4.78 is 0. The SMILES string of the molecule is C=CCC(N)c1cc(C)cs1. The van der Waals surface area contributed by atoms with Crippen LogP contribution in [0.15, 0.2) is 24.1 Å². The van der Waals surface area contributed by atoms with E-state index in [0.29, 0.717) is 0 Å². The lowest BCUT2D eigenvalue weighted by molar-refractivity contribution is 0.757. The van der Waals surface area contributed by atoms with Crippen LogP contribution >= 0.6 is 11.3 Å². The highest BCUT2D eigenvalue weighted by Crippen LogP contribution is 2.22. The molecule has 2 heteroatoms. The first-order chi connectivity index (χ1) is 5.24. The van der Waals surface area contributed by atoms with Crippen molar-refractivity contribution in [2.24, 2.45) is 5.73 Å². The van der Waals surface area contributed by atoms with Gasteiger partial charge in [-0.1, -0.05) is 6.08 Å². The Morgan fingerprint density at radius 2 is 2.55 bits per heavy atom. The fourth-order valence-corrected chi connectivity index (χ4v) is 1.86. The summed E-state index contributed by atoms with van der Waals surface area (Å²) in [4.78, 5) is 1.25. The zero-order chi connectivity index (χ0) is 8.27. The summed E-state index contributed by atoms with van der Waals surface area (Å²) in [6.45, 7) is 5.74. The van der Waals surface area contributed by atoms with E-state index < -0.39 is 0 Å². The van der Waals surface area contributed by atoms with Crippen molar-refractivity contribution >= 4 is 11.3 Å². The van der Waals surface area contributed by atoms with Crippen molar-refractivity contribution in [3.8, 4) is 0 Å². The van der Waals surface area contributed by atoms with Crippen LogP contribution in [0.4, 0.5) is 0 Å². The van der Waals surface area contributed by atoms with Gasteiger partial charge >= 0.3 is 0 Å². The Hall–Kier alpha value is -0.600. The minimum absolute atomic E-state index is 0.145. The summed E-state index contributed by atoms with van der Waals surface area (Å²) >= 11 is 1.72. The minimum atomic E-state index is 0.145. The van der Waals surface area contributed by atoms with Gasteiger partial charge < -0.3 is 5.73 Å².